The number of benzene rings is 2. The number of hydrogen-bond acceptors (Lipinski definition) is 4. The fraction of sp³-hybridized carbons (Fsp3) is 0.344. The van der Waals surface area contributed by atoms with Crippen molar-refractivity contribution in [2.75, 3.05) is 5.32 Å². The van der Waals surface area contributed by atoms with Crippen molar-refractivity contribution in [2.45, 2.75) is 64.6 Å². The first kappa shape index (κ1) is 26.3. The molecule has 4 aliphatic rings. The van der Waals surface area contributed by atoms with Gasteiger partial charge in [-0.25, -0.2) is 4.98 Å². The van der Waals surface area contributed by atoms with E-state index >= 15 is 0 Å². The number of aryl methyl sites for hydroxylation is 1. The SMILES string of the molecule is Cc1cncc(Nc2cc3nc4c(n(-c5ccc(C(F)(F)F)cc5)c-3cc2=NC2CCC(C)CC2)=CCCC=4)c1. The maximum absolute atomic E-state index is 13.3. The van der Waals surface area contributed by atoms with Gasteiger partial charge in [-0.3, -0.25) is 9.98 Å². The normalized spacial score (nSPS) is 19.6. The lowest BCUT2D eigenvalue weighted by molar-refractivity contribution is -0.137. The molecule has 5 nitrogen and oxygen atoms in total. The maximum Gasteiger partial charge on any atom is 0.416 e. The lowest BCUT2D eigenvalue weighted by Crippen LogP contribution is -2.40. The second kappa shape index (κ2) is 10.6. The molecular formula is C32H32F3N5. The summed E-state index contributed by atoms with van der Waals surface area (Å²) < 4.78 is 42.1. The lowest BCUT2D eigenvalue weighted by Gasteiger charge is -2.24. The molecule has 0 atom stereocenters. The van der Waals surface area contributed by atoms with Crippen LogP contribution in [0.15, 0.2) is 59.9 Å². The summed E-state index contributed by atoms with van der Waals surface area (Å²) in [6, 6.07) is 11.6. The quantitative estimate of drug-likeness (QED) is 0.330. The van der Waals surface area contributed by atoms with Gasteiger partial charge in [0.2, 0.25) is 0 Å². The van der Waals surface area contributed by atoms with E-state index < -0.39 is 11.7 Å². The number of aromatic nitrogens is 3. The molecule has 0 spiro atoms. The Labute approximate surface area is 231 Å². The minimum atomic E-state index is -4.39. The van der Waals surface area contributed by atoms with Gasteiger partial charge in [0, 0.05) is 11.9 Å². The molecule has 8 heteroatoms. The number of fused-ring (bicyclic) bond motifs is 2. The Bertz CT molecular complexity index is 1690. The zero-order valence-electron chi connectivity index (χ0n) is 22.7. The highest BCUT2D eigenvalue weighted by Gasteiger charge is 2.30. The molecule has 1 saturated carbocycles. The largest absolute Gasteiger partial charge is 0.416 e. The number of pyridine rings is 1. The van der Waals surface area contributed by atoms with Gasteiger partial charge in [-0.1, -0.05) is 19.1 Å². The van der Waals surface area contributed by atoms with Crippen molar-refractivity contribution in [1.29, 1.82) is 0 Å². The van der Waals surface area contributed by atoms with E-state index in [0.29, 0.717) is 11.6 Å². The molecule has 206 valence electrons. The smallest absolute Gasteiger partial charge is 0.352 e. The Morgan fingerprint density at radius 3 is 2.42 bits per heavy atom. The highest BCUT2D eigenvalue weighted by atomic mass is 19.4. The number of alkyl halides is 3. The molecule has 0 amide bonds. The highest BCUT2D eigenvalue weighted by molar-refractivity contribution is 5.70. The summed E-state index contributed by atoms with van der Waals surface area (Å²) in [5.41, 5.74) is 4.28. The molecule has 1 aromatic carbocycles. The lowest BCUT2D eigenvalue weighted by atomic mass is 9.88. The summed E-state index contributed by atoms with van der Waals surface area (Å²) in [5, 5.41) is 6.05. The first-order valence-corrected chi connectivity index (χ1v) is 13.9. The molecule has 0 saturated heterocycles. The van der Waals surface area contributed by atoms with E-state index in [9.17, 15) is 13.2 Å². The topological polar surface area (TPSA) is 55.1 Å². The fourth-order valence-corrected chi connectivity index (χ4v) is 5.68. The van der Waals surface area contributed by atoms with E-state index in [1.165, 1.54) is 12.1 Å². The van der Waals surface area contributed by atoms with E-state index in [0.717, 1.165) is 95.0 Å². The number of halogens is 3. The third kappa shape index (κ3) is 5.40. The molecule has 1 N–H and O–H groups in total. The van der Waals surface area contributed by atoms with E-state index in [1.54, 1.807) is 6.20 Å². The van der Waals surface area contributed by atoms with Crippen LogP contribution in [0.1, 0.15) is 56.6 Å². The molecule has 0 unspecified atom stereocenters. The molecule has 3 aliphatic carbocycles. The number of nitrogens with one attached hydrogen (secondary N) is 1. The van der Waals surface area contributed by atoms with Crippen LogP contribution in [-0.4, -0.2) is 20.6 Å². The molecule has 0 radical (unpaired) electrons. The van der Waals surface area contributed by atoms with Crippen LogP contribution in [0.5, 0.6) is 0 Å². The average molecular weight is 544 g/mol. The van der Waals surface area contributed by atoms with Gasteiger partial charge in [-0.05, 0) is 99.4 Å². The Hall–Kier alpha value is -3.94. The van der Waals surface area contributed by atoms with Crippen LogP contribution in [0.3, 0.4) is 0 Å². The van der Waals surface area contributed by atoms with Crippen LogP contribution in [0.2, 0.25) is 0 Å². The predicted octanol–water partition coefficient (Wildman–Crippen LogP) is 6.28. The first-order chi connectivity index (χ1) is 19.2. The Balaban J connectivity index is 1.58. The van der Waals surface area contributed by atoms with Crippen molar-refractivity contribution in [3.05, 3.63) is 82.0 Å². The van der Waals surface area contributed by atoms with Crippen molar-refractivity contribution in [2.24, 2.45) is 10.9 Å². The van der Waals surface area contributed by atoms with Gasteiger partial charge in [0.15, 0.2) is 0 Å². The van der Waals surface area contributed by atoms with Crippen LogP contribution in [0, 0.1) is 12.8 Å². The van der Waals surface area contributed by atoms with Gasteiger partial charge >= 0.3 is 6.18 Å². The molecule has 2 aromatic rings. The molecule has 1 aromatic heterocycles. The summed E-state index contributed by atoms with van der Waals surface area (Å²) in [7, 11) is 0. The van der Waals surface area contributed by atoms with Gasteiger partial charge in [-0.15, -0.1) is 0 Å². The van der Waals surface area contributed by atoms with Crippen LogP contribution in [-0.2, 0) is 6.18 Å². The van der Waals surface area contributed by atoms with Gasteiger partial charge in [-0.2, -0.15) is 13.2 Å². The van der Waals surface area contributed by atoms with Crippen LogP contribution < -0.4 is 21.4 Å². The van der Waals surface area contributed by atoms with Crippen LogP contribution in [0.4, 0.5) is 24.5 Å². The second-order valence-corrected chi connectivity index (χ2v) is 11.0. The monoisotopic (exact) mass is 543 g/mol. The van der Waals surface area contributed by atoms with Crippen LogP contribution in [0.25, 0.3) is 29.2 Å². The summed E-state index contributed by atoms with van der Waals surface area (Å²) in [5.74, 6) is 0.711. The fourth-order valence-electron chi connectivity index (χ4n) is 5.68. The second-order valence-electron chi connectivity index (χ2n) is 11.0. The van der Waals surface area contributed by atoms with Gasteiger partial charge in [0.25, 0.3) is 0 Å². The average Bonchev–Trinajstić information content (AvgIpc) is 2.93. The summed E-state index contributed by atoms with van der Waals surface area (Å²) in [6.45, 7) is 4.29. The standard InChI is InChI=1S/C32H32F3N5/c1-20-7-11-23(12-8-20)37-28-17-31-29(16-27(28)38-24-15-21(2)18-36-19-24)39-26-5-3-4-6-30(26)40(31)25-13-9-22(10-14-25)32(33,34)35/h5-6,9-10,13-20,23,38H,3-4,7-8,11-12H2,1-2H3. The van der Waals surface area contributed by atoms with E-state index in [-0.39, 0.29) is 6.04 Å². The number of anilines is 2. The summed E-state index contributed by atoms with van der Waals surface area (Å²) in [6.07, 6.45) is 9.50. The summed E-state index contributed by atoms with van der Waals surface area (Å²) >= 11 is 0. The van der Waals surface area contributed by atoms with Crippen molar-refractivity contribution in [1.82, 2.24) is 14.5 Å². The highest BCUT2D eigenvalue weighted by Crippen LogP contribution is 2.31. The molecule has 40 heavy (non-hydrogen) atoms. The summed E-state index contributed by atoms with van der Waals surface area (Å²) in [4.78, 5) is 14.5. The van der Waals surface area contributed by atoms with Crippen molar-refractivity contribution >= 4 is 23.5 Å². The van der Waals surface area contributed by atoms with Gasteiger partial charge in [0.1, 0.15) is 0 Å². The predicted molar refractivity (Wildman–Crippen MR) is 152 cm³/mol. The molecular weight excluding hydrogens is 511 g/mol. The van der Waals surface area contributed by atoms with Gasteiger partial charge in [0.05, 0.1) is 56.6 Å². The third-order valence-electron chi connectivity index (χ3n) is 7.83. The first-order valence-electron chi connectivity index (χ1n) is 13.9. The number of hydrogen-bond donors (Lipinski definition) is 1. The molecule has 0 bridgehead atoms. The van der Waals surface area contributed by atoms with Crippen molar-refractivity contribution < 1.29 is 13.2 Å². The number of rotatable bonds is 4. The van der Waals surface area contributed by atoms with E-state index in [2.05, 4.69) is 29.4 Å². The van der Waals surface area contributed by atoms with E-state index in [4.69, 9.17) is 9.98 Å². The van der Waals surface area contributed by atoms with Crippen molar-refractivity contribution in [3.63, 3.8) is 0 Å². The third-order valence-corrected chi connectivity index (χ3v) is 7.83. The molecule has 2 heterocycles. The number of nitrogens with zero attached hydrogens (tertiary/aromatic N) is 4. The zero-order chi connectivity index (χ0) is 27.9. The molecule has 6 rings (SSSR count). The Morgan fingerprint density at radius 2 is 1.70 bits per heavy atom. The van der Waals surface area contributed by atoms with Crippen LogP contribution >= 0.6 is 0 Å². The molecule has 1 fully saturated rings. The maximum atomic E-state index is 13.3. The van der Waals surface area contributed by atoms with E-state index in [1.807, 2.05) is 35.9 Å². The minimum absolute atomic E-state index is 0.217. The Kier molecular flexibility index (Phi) is 6.94. The van der Waals surface area contributed by atoms with Crippen molar-refractivity contribution in [3.8, 4) is 17.1 Å². The van der Waals surface area contributed by atoms with Gasteiger partial charge < -0.3 is 9.88 Å². The Morgan fingerprint density at radius 1 is 0.950 bits per heavy atom. The zero-order valence-corrected chi connectivity index (χ0v) is 22.7. The minimum Gasteiger partial charge on any atom is -0.352 e. The molecule has 1 aliphatic heterocycles.